The lowest BCUT2D eigenvalue weighted by atomic mass is 9.97. The molecule has 0 spiro atoms. The van der Waals surface area contributed by atoms with Crippen molar-refractivity contribution >= 4 is 11.6 Å². The van der Waals surface area contributed by atoms with Crippen LogP contribution >= 0.6 is 11.6 Å². The summed E-state index contributed by atoms with van der Waals surface area (Å²) in [6.07, 6.45) is 0.758. The molecule has 20 heavy (non-hydrogen) atoms. The molecular formula is C17H19ClFN. The summed E-state index contributed by atoms with van der Waals surface area (Å²) in [4.78, 5) is 0. The van der Waals surface area contributed by atoms with Crippen LogP contribution in [-0.2, 0) is 6.42 Å². The number of hydrogen-bond donors (Lipinski definition) is 1. The first-order chi connectivity index (χ1) is 9.60. The molecule has 106 valence electrons. The Bertz CT molecular complexity index is 583. The van der Waals surface area contributed by atoms with Gasteiger partial charge in [0.05, 0.1) is 0 Å². The zero-order valence-corrected chi connectivity index (χ0v) is 12.5. The van der Waals surface area contributed by atoms with E-state index in [4.69, 9.17) is 11.6 Å². The van der Waals surface area contributed by atoms with Gasteiger partial charge in [0.25, 0.3) is 0 Å². The molecule has 0 heterocycles. The van der Waals surface area contributed by atoms with Crippen LogP contribution in [0.15, 0.2) is 42.5 Å². The van der Waals surface area contributed by atoms with Crippen LogP contribution in [0, 0.1) is 12.7 Å². The van der Waals surface area contributed by atoms with E-state index in [2.05, 4.69) is 30.4 Å². The smallest absolute Gasteiger partial charge is 0.129 e. The summed E-state index contributed by atoms with van der Waals surface area (Å²) < 4.78 is 14.1. The number of halogens is 2. The molecule has 0 saturated carbocycles. The molecule has 0 saturated heterocycles. The quantitative estimate of drug-likeness (QED) is 0.843. The van der Waals surface area contributed by atoms with E-state index in [1.54, 1.807) is 12.1 Å². The number of benzene rings is 2. The predicted molar refractivity (Wildman–Crippen MR) is 82.7 cm³/mol. The summed E-state index contributed by atoms with van der Waals surface area (Å²) in [5, 5.41) is 3.77. The van der Waals surface area contributed by atoms with Gasteiger partial charge in [0.15, 0.2) is 0 Å². The summed E-state index contributed by atoms with van der Waals surface area (Å²) in [6, 6.07) is 13.1. The van der Waals surface area contributed by atoms with Crippen LogP contribution in [0.4, 0.5) is 4.39 Å². The molecule has 2 rings (SSSR count). The Balaban J connectivity index is 2.26. The highest BCUT2D eigenvalue weighted by atomic mass is 35.5. The van der Waals surface area contributed by atoms with Gasteiger partial charge in [-0.2, -0.15) is 0 Å². The fourth-order valence-electron chi connectivity index (χ4n) is 2.40. The molecule has 1 nitrogen and oxygen atoms in total. The fraction of sp³-hybridized carbons (Fsp3) is 0.294. The molecule has 2 aromatic rings. The molecule has 0 radical (unpaired) electrons. The lowest BCUT2D eigenvalue weighted by molar-refractivity contribution is 0.510. The highest BCUT2D eigenvalue weighted by molar-refractivity contribution is 6.30. The summed E-state index contributed by atoms with van der Waals surface area (Å²) in [7, 11) is 0. The second-order valence-electron chi connectivity index (χ2n) is 4.97. The number of hydrogen-bond acceptors (Lipinski definition) is 1. The molecule has 1 unspecified atom stereocenters. The van der Waals surface area contributed by atoms with Gasteiger partial charge in [-0.3, -0.25) is 0 Å². The molecule has 2 aromatic carbocycles. The minimum atomic E-state index is -0.254. The Morgan fingerprint density at radius 1 is 1.20 bits per heavy atom. The Morgan fingerprint density at radius 3 is 2.65 bits per heavy atom. The highest BCUT2D eigenvalue weighted by Crippen LogP contribution is 2.24. The lowest BCUT2D eigenvalue weighted by Crippen LogP contribution is -2.24. The first kappa shape index (κ1) is 15.0. The Morgan fingerprint density at radius 2 is 2.00 bits per heavy atom. The molecule has 0 aliphatic heterocycles. The first-order valence-electron chi connectivity index (χ1n) is 6.84. The largest absolute Gasteiger partial charge is 0.310 e. The monoisotopic (exact) mass is 291 g/mol. The number of rotatable bonds is 5. The molecule has 1 atom stereocenters. The standard InChI is InChI=1S/C17H19ClFN/c1-3-20-17(10-13-6-4-5-12(2)9-13)15-8-7-14(18)11-16(15)19/h4-9,11,17,20H,3,10H2,1-2H3. The minimum absolute atomic E-state index is 0.0425. The molecule has 0 aliphatic carbocycles. The molecule has 0 bridgehead atoms. The average Bonchev–Trinajstić information content (AvgIpc) is 2.38. The predicted octanol–water partition coefficient (Wildman–Crippen LogP) is 4.68. The third-order valence-corrected chi connectivity index (χ3v) is 3.55. The highest BCUT2D eigenvalue weighted by Gasteiger charge is 2.15. The van der Waals surface area contributed by atoms with Crippen LogP contribution in [0.25, 0.3) is 0 Å². The van der Waals surface area contributed by atoms with Crippen LogP contribution in [-0.4, -0.2) is 6.54 Å². The third kappa shape index (κ3) is 3.81. The SMILES string of the molecule is CCNC(Cc1cccc(C)c1)c1ccc(Cl)cc1F. The number of aryl methyl sites for hydroxylation is 1. The van der Waals surface area contributed by atoms with Crippen molar-refractivity contribution in [3.05, 3.63) is 70.0 Å². The van der Waals surface area contributed by atoms with Gasteiger partial charge in [-0.25, -0.2) is 4.39 Å². The second kappa shape index (κ2) is 6.87. The Hall–Kier alpha value is -1.38. The van der Waals surface area contributed by atoms with Crippen molar-refractivity contribution < 1.29 is 4.39 Å². The van der Waals surface area contributed by atoms with Gasteiger partial charge in [0, 0.05) is 16.6 Å². The molecule has 0 fully saturated rings. The van der Waals surface area contributed by atoms with Gasteiger partial charge in [-0.05, 0) is 37.6 Å². The summed E-state index contributed by atoms with van der Waals surface area (Å²) >= 11 is 5.82. The minimum Gasteiger partial charge on any atom is -0.310 e. The summed E-state index contributed by atoms with van der Waals surface area (Å²) in [5.74, 6) is -0.254. The first-order valence-corrected chi connectivity index (χ1v) is 7.22. The fourth-order valence-corrected chi connectivity index (χ4v) is 2.56. The van der Waals surface area contributed by atoms with Crippen LogP contribution in [0.1, 0.15) is 29.7 Å². The molecule has 0 aromatic heterocycles. The van der Waals surface area contributed by atoms with Crippen LogP contribution in [0.2, 0.25) is 5.02 Å². The number of nitrogens with one attached hydrogen (secondary N) is 1. The van der Waals surface area contributed by atoms with Gasteiger partial charge in [0.1, 0.15) is 5.82 Å². The molecule has 3 heteroatoms. The van der Waals surface area contributed by atoms with Crippen molar-refractivity contribution in [1.29, 1.82) is 0 Å². The van der Waals surface area contributed by atoms with Gasteiger partial charge < -0.3 is 5.32 Å². The molecule has 0 amide bonds. The second-order valence-corrected chi connectivity index (χ2v) is 5.41. The number of likely N-dealkylation sites (N-methyl/N-ethyl adjacent to an activating group) is 1. The van der Waals surface area contributed by atoms with E-state index in [1.165, 1.54) is 17.2 Å². The van der Waals surface area contributed by atoms with Crippen molar-refractivity contribution in [3.63, 3.8) is 0 Å². The van der Waals surface area contributed by atoms with Crippen LogP contribution in [0.5, 0.6) is 0 Å². The summed E-state index contributed by atoms with van der Waals surface area (Å²) in [6.45, 7) is 4.88. The van der Waals surface area contributed by atoms with E-state index in [0.717, 1.165) is 13.0 Å². The average molecular weight is 292 g/mol. The van der Waals surface area contributed by atoms with E-state index in [-0.39, 0.29) is 11.9 Å². The van der Waals surface area contributed by atoms with Crippen molar-refractivity contribution in [1.82, 2.24) is 5.32 Å². The normalized spacial score (nSPS) is 12.4. The zero-order valence-electron chi connectivity index (χ0n) is 11.8. The van der Waals surface area contributed by atoms with Crippen molar-refractivity contribution in [3.8, 4) is 0 Å². The van der Waals surface area contributed by atoms with E-state index in [1.807, 2.05) is 13.0 Å². The molecular weight excluding hydrogens is 273 g/mol. The van der Waals surface area contributed by atoms with Gasteiger partial charge >= 0.3 is 0 Å². The van der Waals surface area contributed by atoms with Gasteiger partial charge in [0.2, 0.25) is 0 Å². The molecule has 0 aliphatic rings. The van der Waals surface area contributed by atoms with Crippen molar-refractivity contribution in [2.24, 2.45) is 0 Å². The zero-order chi connectivity index (χ0) is 14.5. The van der Waals surface area contributed by atoms with Crippen LogP contribution in [0.3, 0.4) is 0 Å². The topological polar surface area (TPSA) is 12.0 Å². The maximum absolute atomic E-state index is 14.1. The van der Waals surface area contributed by atoms with E-state index in [0.29, 0.717) is 10.6 Å². The van der Waals surface area contributed by atoms with Gasteiger partial charge in [-0.15, -0.1) is 0 Å². The van der Waals surface area contributed by atoms with Crippen molar-refractivity contribution in [2.45, 2.75) is 26.3 Å². The van der Waals surface area contributed by atoms with Gasteiger partial charge in [-0.1, -0.05) is 54.4 Å². The van der Waals surface area contributed by atoms with E-state index in [9.17, 15) is 4.39 Å². The lowest BCUT2D eigenvalue weighted by Gasteiger charge is -2.19. The van der Waals surface area contributed by atoms with E-state index >= 15 is 0 Å². The third-order valence-electron chi connectivity index (χ3n) is 3.31. The van der Waals surface area contributed by atoms with Crippen LogP contribution < -0.4 is 5.32 Å². The Labute approximate surface area is 124 Å². The maximum Gasteiger partial charge on any atom is 0.129 e. The molecule has 1 N–H and O–H groups in total. The van der Waals surface area contributed by atoms with Crippen molar-refractivity contribution in [2.75, 3.05) is 6.54 Å². The summed E-state index contributed by atoms with van der Waals surface area (Å²) in [5.41, 5.74) is 3.08. The van der Waals surface area contributed by atoms with E-state index < -0.39 is 0 Å². The Kier molecular flexibility index (Phi) is 5.16. The maximum atomic E-state index is 14.1.